The summed E-state index contributed by atoms with van der Waals surface area (Å²) in [6.07, 6.45) is 7.54. The van der Waals surface area contributed by atoms with Crippen molar-refractivity contribution in [1.29, 1.82) is 0 Å². The van der Waals surface area contributed by atoms with Gasteiger partial charge in [-0.05, 0) is 44.0 Å². The third-order valence-electron chi connectivity index (χ3n) is 3.39. The van der Waals surface area contributed by atoms with Crippen LogP contribution in [0.15, 0.2) is 18.2 Å². The van der Waals surface area contributed by atoms with Crippen molar-refractivity contribution in [3.05, 3.63) is 33.8 Å². The number of rotatable bonds is 9. The molecule has 0 saturated heterocycles. The zero-order valence-corrected chi connectivity index (χ0v) is 13.5. The van der Waals surface area contributed by atoms with Crippen LogP contribution in [0, 0.1) is 0 Å². The summed E-state index contributed by atoms with van der Waals surface area (Å²) in [6, 6.07) is 6.31. The Labute approximate surface area is 127 Å². The summed E-state index contributed by atoms with van der Waals surface area (Å²) in [6.45, 7) is 5.48. The van der Waals surface area contributed by atoms with Crippen LogP contribution >= 0.6 is 23.2 Å². The Morgan fingerprint density at radius 1 is 1.16 bits per heavy atom. The molecule has 0 aliphatic carbocycles. The van der Waals surface area contributed by atoms with Gasteiger partial charge >= 0.3 is 0 Å². The highest BCUT2D eigenvalue weighted by Crippen LogP contribution is 2.21. The summed E-state index contributed by atoms with van der Waals surface area (Å²) in [4.78, 5) is 0. The summed E-state index contributed by atoms with van der Waals surface area (Å²) in [5, 5.41) is 5.03. The predicted octanol–water partition coefficient (Wildman–Crippen LogP) is 5.48. The van der Waals surface area contributed by atoms with Crippen molar-refractivity contribution in [2.24, 2.45) is 0 Å². The van der Waals surface area contributed by atoms with Crippen molar-refractivity contribution >= 4 is 23.2 Å². The molecule has 1 N–H and O–H groups in total. The Morgan fingerprint density at radius 2 is 1.95 bits per heavy atom. The minimum Gasteiger partial charge on any atom is -0.314 e. The van der Waals surface area contributed by atoms with Gasteiger partial charge in [0.1, 0.15) is 0 Å². The summed E-state index contributed by atoms with van der Waals surface area (Å²) >= 11 is 12.0. The summed E-state index contributed by atoms with van der Waals surface area (Å²) in [7, 11) is 0. The lowest BCUT2D eigenvalue weighted by Crippen LogP contribution is -2.28. The Bertz CT molecular complexity index is 366. The van der Waals surface area contributed by atoms with Gasteiger partial charge in [0.25, 0.3) is 0 Å². The van der Waals surface area contributed by atoms with Crippen LogP contribution in [0.25, 0.3) is 0 Å². The van der Waals surface area contributed by atoms with Crippen molar-refractivity contribution in [1.82, 2.24) is 5.32 Å². The van der Waals surface area contributed by atoms with Gasteiger partial charge in [0.15, 0.2) is 0 Å². The molecule has 1 aromatic rings. The van der Waals surface area contributed by atoms with Crippen LogP contribution in [0.2, 0.25) is 10.0 Å². The average molecular weight is 302 g/mol. The van der Waals surface area contributed by atoms with E-state index in [4.69, 9.17) is 23.2 Å². The molecule has 108 valence electrons. The molecule has 0 amide bonds. The van der Waals surface area contributed by atoms with E-state index >= 15 is 0 Å². The molecule has 0 fully saturated rings. The molecule has 0 spiro atoms. The molecular weight excluding hydrogens is 277 g/mol. The first kappa shape index (κ1) is 16.8. The van der Waals surface area contributed by atoms with E-state index in [9.17, 15) is 0 Å². The molecule has 0 radical (unpaired) electrons. The molecular formula is C16H25Cl2N. The van der Waals surface area contributed by atoms with Crippen molar-refractivity contribution in [2.75, 3.05) is 6.54 Å². The minimum absolute atomic E-state index is 0.586. The Morgan fingerprint density at radius 3 is 2.63 bits per heavy atom. The predicted molar refractivity (Wildman–Crippen MR) is 86.4 cm³/mol. The minimum atomic E-state index is 0.586. The van der Waals surface area contributed by atoms with Crippen molar-refractivity contribution < 1.29 is 0 Å². The van der Waals surface area contributed by atoms with Crippen LogP contribution in [0.5, 0.6) is 0 Å². The van der Waals surface area contributed by atoms with Crippen LogP contribution in [-0.4, -0.2) is 12.6 Å². The fourth-order valence-electron chi connectivity index (χ4n) is 2.16. The maximum absolute atomic E-state index is 6.15. The van der Waals surface area contributed by atoms with Crippen molar-refractivity contribution in [3.63, 3.8) is 0 Å². The molecule has 1 atom stereocenters. The van der Waals surface area contributed by atoms with Gasteiger partial charge in [0.2, 0.25) is 0 Å². The van der Waals surface area contributed by atoms with Crippen molar-refractivity contribution in [2.45, 2.75) is 58.4 Å². The van der Waals surface area contributed by atoms with E-state index in [-0.39, 0.29) is 0 Å². The normalized spacial score (nSPS) is 12.6. The van der Waals surface area contributed by atoms with Gasteiger partial charge in [-0.2, -0.15) is 0 Å². The highest BCUT2D eigenvalue weighted by atomic mass is 35.5. The fraction of sp³-hybridized carbons (Fsp3) is 0.625. The largest absolute Gasteiger partial charge is 0.314 e. The van der Waals surface area contributed by atoms with E-state index in [1.54, 1.807) is 0 Å². The lowest BCUT2D eigenvalue weighted by Gasteiger charge is -2.14. The second-order valence-corrected chi connectivity index (χ2v) is 6.03. The maximum atomic E-state index is 6.15. The van der Waals surface area contributed by atoms with E-state index in [1.807, 2.05) is 18.2 Å². The quantitative estimate of drug-likeness (QED) is 0.595. The molecule has 1 nitrogen and oxygen atoms in total. The van der Waals surface area contributed by atoms with Gasteiger partial charge in [-0.1, -0.05) is 61.9 Å². The number of nitrogens with one attached hydrogen (secondary N) is 1. The lowest BCUT2D eigenvalue weighted by atomic mass is 10.1. The molecule has 1 aromatic carbocycles. The Balaban J connectivity index is 2.18. The summed E-state index contributed by atoms with van der Waals surface area (Å²) < 4.78 is 0. The van der Waals surface area contributed by atoms with Gasteiger partial charge in [0, 0.05) is 16.1 Å². The molecule has 0 aromatic heterocycles. The zero-order valence-electron chi connectivity index (χ0n) is 12.0. The summed E-state index contributed by atoms with van der Waals surface area (Å²) in [5.41, 5.74) is 1.16. The first-order valence-corrected chi connectivity index (χ1v) is 8.06. The molecule has 0 bridgehead atoms. The van der Waals surface area contributed by atoms with Crippen LogP contribution < -0.4 is 5.32 Å². The van der Waals surface area contributed by atoms with E-state index in [0.717, 1.165) is 23.6 Å². The average Bonchev–Trinajstić information content (AvgIpc) is 2.37. The van der Waals surface area contributed by atoms with Gasteiger partial charge in [-0.3, -0.25) is 0 Å². The topological polar surface area (TPSA) is 12.0 Å². The molecule has 19 heavy (non-hydrogen) atoms. The lowest BCUT2D eigenvalue weighted by molar-refractivity contribution is 0.486. The van der Waals surface area contributed by atoms with E-state index in [0.29, 0.717) is 11.1 Å². The molecule has 1 rings (SSSR count). The first-order chi connectivity index (χ1) is 9.13. The number of benzene rings is 1. The third-order valence-corrected chi connectivity index (χ3v) is 3.98. The van der Waals surface area contributed by atoms with Crippen molar-refractivity contribution in [3.8, 4) is 0 Å². The van der Waals surface area contributed by atoms with Gasteiger partial charge < -0.3 is 5.32 Å². The molecule has 0 aliphatic heterocycles. The number of unbranched alkanes of at least 4 members (excludes halogenated alkanes) is 3. The van der Waals surface area contributed by atoms with Crippen LogP contribution in [0.1, 0.15) is 51.5 Å². The smallest absolute Gasteiger partial charge is 0.0453 e. The monoisotopic (exact) mass is 301 g/mol. The standard InChI is InChI=1S/C16H25Cl2N/c1-3-4-5-6-7-13(2)19-11-10-14-8-9-15(17)12-16(14)18/h8-9,12-13,19H,3-7,10-11H2,1-2H3. The van der Waals surface area contributed by atoms with Gasteiger partial charge in [0.05, 0.1) is 0 Å². The van der Waals surface area contributed by atoms with E-state index in [1.165, 1.54) is 32.1 Å². The summed E-state index contributed by atoms with van der Waals surface area (Å²) in [5.74, 6) is 0. The van der Waals surface area contributed by atoms with Crippen LogP contribution in [0.4, 0.5) is 0 Å². The fourth-order valence-corrected chi connectivity index (χ4v) is 2.66. The number of halogens is 2. The van der Waals surface area contributed by atoms with Crippen LogP contribution in [-0.2, 0) is 6.42 Å². The highest BCUT2D eigenvalue weighted by molar-refractivity contribution is 6.35. The molecule has 1 unspecified atom stereocenters. The maximum Gasteiger partial charge on any atom is 0.0453 e. The molecule has 3 heteroatoms. The molecule has 0 aliphatic rings. The van der Waals surface area contributed by atoms with E-state index < -0.39 is 0 Å². The third kappa shape index (κ3) is 7.20. The van der Waals surface area contributed by atoms with Gasteiger partial charge in [-0.15, -0.1) is 0 Å². The van der Waals surface area contributed by atoms with Crippen LogP contribution in [0.3, 0.4) is 0 Å². The van der Waals surface area contributed by atoms with E-state index in [2.05, 4.69) is 19.2 Å². The first-order valence-electron chi connectivity index (χ1n) is 7.30. The highest BCUT2D eigenvalue weighted by Gasteiger charge is 2.04. The SMILES string of the molecule is CCCCCCC(C)NCCc1ccc(Cl)cc1Cl. The Kier molecular flexibility index (Phi) is 8.52. The molecule has 0 heterocycles. The zero-order chi connectivity index (χ0) is 14.1. The molecule has 0 saturated carbocycles. The number of hydrogen-bond donors (Lipinski definition) is 1. The number of hydrogen-bond acceptors (Lipinski definition) is 1. The second kappa shape index (κ2) is 9.63. The second-order valence-electron chi connectivity index (χ2n) is 5.19. The Hall–Kier alpha value is -0.240. The van der Waals surface area contributed by atoms with Gasteiger partial charge in [-0.25, -0.2) is 0 Å².